The van der Waals surface area contributed by atoms with Crippen molar-refractivity contribution in [1.82, 2.24) is 25.0 Å². The fourth-order valence-electron chi connectivity index (χ4n) is 0.559. The number of hydrogen-bond acceptors (Lipinski definition) is 3. The molecule has 2 rings (SSSR count). The van der Waals surface area contributed by atoms with Crippen molar-refractivity contribution < 1.29 is 0 Å². The molecule has 0 radical (unpaired) electrons. The van der Waals surface area contributed by atoms with Gasteiger partial charge in [-0.1, -0.05) is 0 Å². The fourth-order valence-corrected chi connectivity index (χ4v) is 0.559. The van der Waals surface area contributed by atoms with E-state index < -0.39 is 0 Å². The summed E-state index contributed by atoms with van der Waals surface area (Å²) in [6, 6.07) is 0. The lowest BCUT2D eigenvalue weighted by Gasteiger charge is -1.69. The SMILES string of the molecule is c1nc2cnnn2[nH]1. The molecule has 1 N–H and O–H groups in total. The quantitative estimate of drug-likeness (QED) is 0.494. The lowest BCUT2D eigenvalue weighted by molar-refractivity contribution is 0.757. The van der Waals surface area contributed by atoms with Crippen LogP contribution in [0.1, 0.15) is 0 Å². The summed E-state index contributed by atoms with van der Waals surface area (Å²) in [5.74, 6) is 0. The zero-order chi connectivity index (χ0) is 5.40. The van der Waals surface area contributed by atoms with Crippen LogP contribution in [-0.4, -0.2) is 25.0 Å². The molecule has 0 saturated carbocycles. The maximum absolute atomic E-state index is 3.86. The zero-order valence-corrected chi connectivity index (χ0v) is 3.94. The van der Waals surface area contributed by atoms with E-state index in [9.17, 15) is 0 Å². The number of nitrogens with one attached hydrogen (secondary N) is 1. The van der Waals surface area contributed by atoms with Crippen molar-refractivity contribution in [2.45, 2.75) is 0 Å². The Labute approximate surface area is 44.3 Å². The molecule has 2 aromatic heterocycles. The number of rotatable bonds is 0. The van der Waals surface area contributed by atoms with Gasteiger partial charge in [-0.3, -0.25) is 5.10 Å². The van der Waals surface area contributed by atoms with Crippen LogP contribution in [0.2, 0.25) is 0 Å². The molecule has 2 heterocycles. The molecule has 0 spiro atoms. The Bertz CT molecular complexity index is 229. The van der Waals surface area contributed by atoms with Crippen LogP contribution >= 0.6 is 0 Å². The molecule has 0 aliphatic rings. The van der Waals surface area contributed by atoms with Crippen LogP contribution in [0.25, 0.3) is 5.65 Å². The average Bonchev–Trinajstić information content (AvgIpc) is 2.15. The minimum Gasteiger partial charge on any atom is -0.264 e. The van der Waals surface area contributed by atoms with Crippen LogP contribution in [0.3, 0.4) is 0 Å². The van der Waals surface area contributed by atoms with Gasteiger partial charge in [-0.25, -0.2) is 4.98 Å². The van der Waals surface area contributed by atoms with Crippen LogP contribution in [0.4, 0.5) is 0 Å². The predicted octanol–water partition coefficient (Wildman–Crippen LogP) is -0.548. The first-order valence-corrected chi connectivity index (χ1v) is 2.16. The van der Waals surface area contributed by atoms with E-state index in [1.54, 1.807) is 12.5 Å². The highest BCUT2D eigenvalue weighted by molar-refractivity contribution is 5.28. The topological polar surface area (TPSA) is 58.9 Å². The van der Waals surface area contributed by atoms with Crippen LogP contribution in [0.5, 0.6) is 0 Å². The van der Waals surface area contributed by atoms with E-state index in [2.05, 4.69) is 20.4 Å². The summed E-state index contributed by atoms with van der Waals surface area (Å²) < 4.78 is 1.49. The van der Waals surface area contributed by atoms with Crippen molar-refractivity contribution >= 4 is 5.65 Å². The summed E-state index contributed by atoms with van der Waals surface area (Å²) in [7, 11) is 0. The van der Waals surface area contributed by atoms with Gasteiger partial charge in [0.15, 0.2) is 5.65 Å². The summed E-state index contributed by atoms with van der Waals surface area (Å²) in [5.41, 5.74) is 0.741. The molecule has 0 amide bonds. The van der Waals surface area contributed by atoms with Crippen molar-refractivity contribution in [2.75, 3.05) is 0 Å². The molecule has 40 valence electrons. The summed E-state index contributed by atoms with van der Waals surface area (Å²) in [4.78, 5) is 3.86. The molecule has 0 aromatic carbocycles. The molecule has 0 aliphatic carbocycles. The van der Waals surface area contributed by atoms with Gasteiger partial charge in [0.2, 0.25) is 0 Å². The standard InChI is InChI=1S/C3H3N5/c1-3-4-2-6-8(3)7-5-1/h1-2H,(H,4,6). The molecule has 2 aromatic rings. The maximum Gasteiger partial charge on any atom is 0.195 e. The molecule has 0 bridgehead atoms. The number of aromatic amines is 1. The summed E-state index contributed by atoms with van der Waals surface area (Å²) in [6.45, 7) is 0. The second-order valence-corrected chi connectivity index (χ2v) is 1.39. The normalized spacial score (nSPS) is 10.5. The number of aromatic nitrogens is 5. The molecule has 0 fully saturated rings. The highest BCUT2D eigenvalue weighted by Gasteiger charge is 1.90. The van der Waals surface area contributed by atoms with Gasteiger partial charge in [-0.2, -0.15) is 0 Å². The van der Waals surface area contributed by atoms with Crippen LogP contribution < -0.4 is 0 Å². The van der Waals surface area contributed by atoms with Crippen molar-refractivity contribution in [3.8, 4) is 0 Å². The first kappa shape index (κ1) is 3.59. The minimum absolute atomic E-state index is 0.741. The Kier molecular flexibility index (Phi) is 0.476. The van der Waals surface area contributed by atoms with E-state index >= 15 is 0 Å². The van der Waals surface area contributed by atoms with E-state index in [-0.39, 0.29) is 0 Å². The molecule has 0 aliphatic heterocycles. The van der Waals surface area contributed by atoms with Gasteiger partial charge < -0.3 is 0 Å². The monoisotopic (exact) mass is 109 g/mol. The molecule has 0 atom stereocenters. The first-order valence-electron chi connectivity index (χ1n) is 2.16. The third kappa shape index (κ3) is 0.281. The highest BCUT2D eigenvalue weighted by atomic mass is 15.5. The van der Waals surface area contributed by atoms with Gasteiger partial charge in [0, 0.05) is 0 Å². The van der Waals surface area contributed by atoms with Gasteiger partial charge in [0.1, 0.15) is 6.33 Å². The lowest BCUT2D eigenvalue weighted by atomic mass is 10.8. The van der Waals surface area contributed by atoms with Gasteiger partial charge in [0.25, 0.3) is 0 Å². The Balaban J connectivity index is 3.06. The van der Waals surface area contributed by atoms with E-state index in [1.807, 2.05) is 0 Å². The summed E-state index contributed by atoms with van der Waals surface area (Å²) in [5, 5.41) is 9.94. The lowest BCUT2D eigenvalue weighted by Crippen LogP contribution is -1.83. The van der Waals surface area contributed by atoms with Crippen molar-refractivity contribution in [1.29, 1.82) is 0 Å². The summed E-state index contributed by atoms with van der Waals surface area (Å²) >= 11 is 0. The maximum atomic E-state index is 3.86. The molecule has 5 nitrogen and oxygen atoms in total. The molecule has 5 heteroatoms. The second kappa shape index (κ2) is 1.06. The number of hydrogen-bond donors (Lipinski definition) is 1. The van der Waals surface area contributed by atoms with Gasteiger partial charge in [-0.05, 0) is 5.21 Å². The number of nitrogens with zero attached hydrogens (tertiary/aromatic N) is 4. The smallest absolute Gasteiger partial charge is 0.195 e. The Morgan fingerprint density at radius 2 is 2.62 bits per heavy atom. The summed E-state index contributed by atoms with van der Waals surface area (Å²) in [6.07, 6.45) is 3.14. The van der Waals surface area contributed by atoms with Crippen molar-refractivity contribution in [3.63, 3.8) is 0 Å². The average molecular weight is 109 g/mol. The Morgan fingerprint density at radius 3 is 3.50 bits per heavy atom. The van der Waals surface area contributed by atoms with Crippen molar-refractivity contribution in [3.05, 3.63) is 12.5 Å². The van der Waals surface area contributed by atoms with E-state index in [0.717, 1.165) is 5.65 Å². The highest BCUT2D eigenvalue weighted by Crippen LogP contribution is 1.86. The minimum atomic E-state index is 0.741. The number of fused-ring (bicyclic) bond motifs is 1. The third-order valence-electron chi connectivity index (χ3n) is 0.908. The second-order valence-electron chi connectivity index (χ2n) is 1.39. The van der Waals surface area contributed by atoms with Crippen molar-refractivity contribution in [2.24, 2.45) is 0 Å². The van der Waals surface area contributed by atoms with Gasteiger partial charge in [0.05, 0.1) is 6.20 Å². The molecular formula is C3H3N5. The van der Waals surface area contributed by atoms with Gasteiger partial charge in [-0.15, -0.1) is 9.73 Å². The molecule has 0 saturated heterocycles. The predicted molar refractivity (Wildman–Crippen MR) is 25.1 cm³/mol. The molecule has 0 unspecified atom stereocenters. The fraction of sp³-hybridized carbons (Fsp3) is 0. The van der Waals surface area contributed by atoms with Crippen LogP contribution in [0, 0.1) is 0 Å². The number of H-pyrrole nitrogens is 1. The Hall–Kier alpha value is -1.39. The zero-order valence-electron chi connectivity index (χ0n) is 3.94. The van der Waals surface area contributed by atoms with E-state index in [4.69, 9.17) is 0 Å². The van der Waals surface area contributed by atoms with Gasteiger partial charge >= 0.3 is 0 Å². The van der Waals surface area contributed by atoms with Crippen LogP contribution in [0.15, 0.2) is 12.5 Å². The largest absolute Gasteiger partial charge is 0.264 e. The molecule has 8 heavy (non-hydrogen) atoms. The molecular weight excluding hydrogens is 106 g/mol. The first-order chi connectivity index (χ1) is 3.97. The van der Waals surface area contributed by atoms with Crippen LogP contribution in [-0.2, 0) is 0 Å². The Morgan fingerprint density at radius 1 is 1.62 bits per heavy atom. The van der Waals surface area contributed by atoms with E-state index in [1.165, 1.54) is 4.63 Å². The third-order valence-corrected chi connectivity index (χ3v) is 0.908. The van der Waals surface area contributed by atoms with E-state index in [0.29, 0.717) is 0 Å².